The first kappa shape index (κ1) is 13.9. The maximum atomic E-state index is 13.9. The normalized spacial score (nSPS) is 11.1. The van der Waals surface area contributed by atoms with Crippen LogP contribution >= 0.6 is 15.9 Å². The van der Waals surface area contributed by atoms with Gasteiger partial charge in [-0.1, -0.05) is 0 Å². The molecule has 0 heterocycles. The van der Waals surface area contributed by atoms with E-state index in [2.05, 4.69) is 21.2 Å². The van der Waals surface area contributed by atoms with Crippen LogP contribution < -0.4 is 5.32 Å². The highest BCUT2D eigenvalue weighted by Gasteiger charge is 2.20. The Hall–Kier alpha value is -1.12. The lowest BCUT2D eigenvalue weighted by Crippen LogP contribution is -2.32. The molecule has 0 atom stereocenters. The van der Waals surface area contributed by atoms with E-state index < -0.39 is 11.4 Å². The summed E-state index contributed by atoms with van der Waals surface area (Å²) in [5.74, 6) is -0.491. The van der Waals surface area contributed by atoms with Gasteiger partial charge in [0, 0.05) is 12.1 Å². The topological polar surface area (TPSA) is 56.0 Å². The van der Waals surface area contributed by atoms with Gasteiger partial charge in [0.1, 0.15) is 6.07 Å². The summed E-state index contributed by atoms with van der Waals surface area (Å²) in [5.41, 5.74) is 0.158. The van der Waals surface area contributed by atoms with Crippen LogP contribution in [0, 0.1) is 17.1 Å². The van der Waals surface area contributed by atoms with Crippen LogP contribution in [0.4, 0.5) is 10.1 Å². The standard InChI is InChI=1S/C12H14BrFN2O/c1-12(2,5-6-17)16-9-4-3-8(7-15)10(13)11(9)14/h3-4,16-17H,5-6H2,1-2H3. The summed E-state index contributed by atoms with van der Waals surface area (Å²) >= 11 is 3.05. The lowest BCUT2D eigenvalue weighted by molar-refractivity contribution is 0.260. The van der Waals surface area contributed by atoms with Crippen molar-refractivity contribution in [2.75, 3.05) is 11.9 Å². The molecule has 0 unspecified atom stereocenters. The number of anilines is 1. The maximum Gasteiger partial charge on any atom is 0.161 e. The Morgan fingerprint density at radius 1 is 1.53 bits per heavy atom. The highest BCUT2D eigenvalue weighted by atomic mass is 79.9. The minimum absolute atomic E-state index is 0.0269. The molecule has 1 aromatic carbocycles. The van der Waals surface area contributed by atoms with Gasteiger partial charge in [0.25, 0.3) is 0 Å². The van der Waals surface area contributed by atoms with Crippen molar-refractivity contribution in [2.24, 2.45) is 0 Å². The molecule has 0 bridgehead atoms. The largest absolute Gasteiger partial charge is 0.396 e. The molecule has 0 saturated heterocycles. The van der Waals surface area contributed by atoms with Crippen LogP contribution in [-0.2, 0) is 0 Å². The van der Waals surface area contributed by atoms with Crippen molar-refractivity contribution >= 4 is 21.6 Å². The third kappa shape index (κ3) is 3.42. The quantitative estimate of drug-likeness (QED) is 0.898. The molecule has 92 valence electrons. The Morgan fingerprint density at radius 2 is 2.18 bits per heavy atom. The second-order valence-electron chi connectivity index (χ2n) is 4.38. The number of aliphatic hydroxyl groups excluding tert-OH is 1. The van der Waals surface area contributed by atoms with Crippen molar-refractivity contribution in [1.82, 2.24) is 0 Å². The fraction of sp³-hybridized carbons (Fsp3) is 0.417. The molecular formula is C12H14BrFN2O. The number of hydrogen-bond acceptors (Lipinski definition) is 3. The molecule has 0 aliphatic rings. The monoisotopic (exact) mass is 300 g/mol. The number of nitriles is 1. The highest BCUT2D eigenvalue weighted by Crippen LogP contribution is 2.29. The van der Waals surface area contributed by atoms with E-state index in [-0.39, 0.29) is 16.6 Å². The summed E-state index contributed by atoms with van der Waals surface area (Å²) in [6, 6.07) is 4.97. The van der Waals surface area contributed by atoms with E-state index in [0.29, 0.717) is 12.1 Å². The lowest BCUT2D eigenvalue weighted by atomic mass is 10.0. The van der Waals surface area contributed by atoms with Crippen LogP contribution in [0.25, 0.3) is 0 Å². The van der Waals surface area contributed by atoms with Gasteiger partial charge in [-0.3, -0.25) is 0 Å². The molecule has 0 aliphatic carbocycles. The highest BCUT2D eigenvalue weighted by molar-refractivity contribution is 9.10. The predicted octanol–water partition coefficient (Wildman–Crippen LogP) is 3.03. The molecule has 1 rings (SSSR count). The molecular weight excluding hydrogens is 287 g/mol. The van der Waals surface area contributed by atoms with Gasteiger partial charge in [-0.05, 0) is 48.3 Å². The number of hydrogen-bond donors (Lipinski definition) is 2. The average molecular weight is 301 g/mol. The zero-order valence-corrected chi connectivity index (χ0v) is 11.3. The minimum atomic E-state index is -0.491. The Kier molecular flexibility index (Phi) is 4.49. The van der Waals surface area contributed by atoms with Gasteiger partial charge in [0.15, 0.2) is 5.82 Å². The summed E-state index contributed by atoms with van der Waals surface area (Å²) in [4.78, 5) is 0. The molecule has 0 fully saturated rings. The van der Waals surface area contributed by atoms with E-state index in [9.17, 15) is 4.39 Å². The van der Waals surface area contributed by atoms with E-state index in [1.807, 2.05) is 19.9 Å². The number of nitrogens with one attached hydrogen (secondary N) is 1. The second-order valence-corrected chi connectivity index (χ2v) is 5.18. The Labute approximate surface area is 108 Å². The van der Waals surface area contributed by atoms with Gasteiger partial charge in [-0.2, -0.15) is 5.26 Å². The summed E-state index contributed by atoms with van der Waals surface area (Å²) in [7, 11) is 0. The Morgan fingerprint density at radius 3 is 2.71 bits per heavy atom. The molecule has 0 amide bonds. The summed E-state index contributed by atoms with van der Waals surface area (Å²) in [6.07, 6.45) is 0.504. The van der Waals surface area contributed by atoms with Crippen molar-refractivity contribution < 1.29 is 9.50 Å². The molecule has 3 nitrogen and oxygen atoms in total. The third-order valence-electron chi connectivity index (χ3n) is 2.41. The molecule has 0 saturated carbocycles. The zero-order chi connectivity index (χ0) is 13.1. The molecule has 0 aliphatic heterocycles. The second kappa shape index (κ2) is 5.48. The van der Waals surface area contributed by atoms with Gasteiger partial charge in [0.2, 0.25) is 0 Å². The van der Waals surface area contributed by atoms with Crippen LogP contribution in [-0.4, -0.2) is 17.3 Å². The zero-order valence-electron chi connectivity index (χ0n) is 9.72. The van der Waals surface area contributed by atoms with Gasteiger partial charge in [0.05, 0.1) is 15.7 Å². The van der Waals surface area contributed by atoms with Gasteiger partial charge >= 0.3 is 0 Å². The van der Waals surface area contributed by atoms with Crippen molar-refractivity contribution in [3.63, 3.8) is 0 Å². The van der Waals surface area contributed by atoms with Crippen molar-refractivity contribution in [1.29, 1.82) is 5.26 Å². The van der Waals surface area contributed by atoms with E-state index in [0.717, 1.165) is 0 Å². The fourth-order valence-corrected chi connectivity index (χ4v) is 1.87. The SMILES string of the molecule is CC(C)(CCO)Nc1ccc(C#N)c(Br)c1F. The van der Waals surface area contributed by atoms with E-state index in [1.165, 1.54) is 6.07 Å². The number of halogens is 2. The Balaban J connectivity index is 3.02. The van der Waals surface area contributed by atoms with Crippen LogP contribution in [0.2, 0.25) is 0 Å². The molecule has 0 spiro atoms. The average Bonchev–Trinajstić information content (AvgIpc) is 2.25. The van der Waals surface area contributed by atoms with Crippen molar-refractivity contribution in [3.8, 4) is 6.07 Å². The molecule has 0 radical (unpaired) electrons. The van der Waals surface area contributed by atoms with Crippen molar-refractivity contribution in [3.05, 3.63) is 28.0 Å². The van der Waals surface area contributed by atoms with Crippen LogP contribution in [0.15, 0.2) is 16.6 Å². The van der Waals surface area contributed by atoms with Crippen LogP contribution in [0.3, 0.4) is 0 Å². The third-order valence-corrected chi connectivity index (χ3v) is 3.19. The van der Waals surface area contributed by atoms with E-state index in [4.69, 9.17) is 10.4 Å². The van der Waals surface area contributed by atoms with Crippen LogP contribution in [0.5, 0.6) is 0 Å². The van der Waals surface area contributed by atoms with Gasteiger partial charge < -0.3 is 10.4 Å². The number of rotatable bonds is 4. The first-order valence-corrected chi connectivity index (χ1v) is 5.98. The number of benzene rings is 1. The first-order valence-electron chi connectivity index (χ1n) is 5.18. The van der Waals surface area contributed by atoms with E-state index in [1.54, 1.807) is 6.07 Å². The van der Waals surface area contributed by atoms with E-state index >= 15 is 0 Å². The lowest BCUT2D eigenvalue weighted by Gasteiger charge is -2.27. The fourth-order valence-electron chi connectivity index (χ4n) is 1.44. The van der Waals surface area contributed by atoms with Gasteiger partial charge in [-0.15, -0.1) is 0 Å². The number of aliphatic hydroxyl groups is 1. The molecule has 1 aromatic rings. The Bertz CT molecular complexity index is 455. The van der Waals surface area contributed by atoms with Crippen LogP contribution in [0.1, 0.15) is 25.8 Å². The molecule has 0 aromatic heterocycles. The molecule has 5 heteroatoms. The summed E-state index contributed by atoms with van der Waals surface area (Å²) in [5, 5.41) is 20.7. The minimum Gasteiger partial charge on any atom is -0.396 e. The smallest absolute Gasteiger partial charge is 0.161 e. The molecule has 2 N–H and O–H groups in total. The first-order chi connectivity index (χ1) is 7.91. The molecule has 17 heavy (non-hydrogen) atoms. The predicted molar refractivity (Wildman–Crippen MR) is 68.2 cm³/mol. The summed E-state index contributed by atoms with van der Waals surface area (Å²) < 4.78 is 14.1. The number of nitrogens with zero attached hydrogens (tertiary/aromatic N) is 1. The van der Waals surface area contributed by atoms with Crippen molar-refractivity contribution in [2.45, 2.75) is 25.8 Å². The van der Waals surface area contributed by atoms with Gasteiger partial charge in [-0.25, -0.2) is 4.39 Å². The summed E-state index contributed by atoms with van der Waals surface area (Å²) in [6.45, 7) is 3.77. The maximum absolute atomic E-state index is 13.9.